The average Bonchev–Trinajstić information content (AvgIpc) is 2.58. The summed E-state index contributed by atoms with van der Waals surface area (Å²) in [5.41, 5.74) is -2.50. The Morgan fingerprint density at radius 1 is 1.15 bits per heavy atom. The summed E-state index contributed by atoms with van der Waals surface area (Å²) in [6.45, 7) is 3.39. The number of carbonyl (C=O) groups is 1. The highest BCUT2D eigenvalue weighted by Gasteiger charge is 2.38. The lowest BCUT2D eigenvalue weighted by molar-refractivity contribution is -0.137. The smallest absolute Gasteiger partial charge is 0.351 e. The van der Waals surface area contributed by atoms with Gasteiger partial charge in [0.05, 0.1) is 17.2 Å². The summed E-state index contributed by atoms with van der Waals surface area (Å²) in [5, 5.41) is 8.83. The fourth-order valence-electron chi connectivity index (χ4n) is 2.62. The molecule has 0 aliphatic carbocycles. The van der Waals surface area contributed by atoms with E-state index in [9.17, 15) is 31.1 Å². The molecule has 1 aromatic carbocycles. The van der Waals surface area contributed by atoms with Crippen molar-refractivity contribution in [3.05, 3.63) is 29.3 Å². The van der Waals surface area contributed by atoms with Crippen LogP contribution in [0.4, 0.5) is 32.0 Å². The van der Waals surface area contributed by atoms with E-state index in [0.29, 0.717) is 11.0 Å². The number of carbonyl (C=O) groups excluding carboxylic acids is 1. The van der Waals surface area contributed by atoms with Gasteiger partial charge in [0.1, 0.15) is 12.6 Å². The molecule has 0 spiro atoms. The van der Waals surface area contributed by atoms with Gasteiger partial charge in [-0.15, -0.1) is 0 Å². The van der Waals surface area contributed by atoms with Gasteiger partial charge in [-0.3, -0.25) is 4.79 Å². The van der Waals surface area contributed by atoms with Crippen LogP contribution in [0.2, 0.25) is 0 Å². The summed E-state index contributed by atoms with van der Waals surface area (Å²) >= 11 is 0. The van der Waals surface area contributed by atoms with E-state index in [0.717, 1.165) is 12.1 Å². The summed E-state index contributed by atoms with van der Waals surface area (Å²) in [6, 6.07) is 2.27. The number of hydrogen-bond acceptors (Lipinski definition) is 3. The molecule has 0 saturated carbocycles. The Bertz CT molecular complexity index is 704. The fourth-order valence-corrected chi connectivity index (χ4v) is 2.62. The minimum absolute atomic E-state index is 0.251. The molecular formula is C17H19F6N3O. The lowest BCUT2D eigenvalue weighted by Gasteiger charge is -2.34. The molecule has 0 aliphatic heterocycles. The summed E-state index contributed by atoms with van der Waals surface area (Å²) in [5.74, 6) is -0.637. The number of benzene rings is 1. The minimum atomic E-state index is -4.92. The van der Waals surface area contributed by atoms with E-state index >= 15 is 0 Å². The third-order valence-corrected chi connectivity index (χ3v) is 4.01. The van der Waals surface area contributed by atoms with Crippen LogP contribution in [0, 0.1) is 11.3 Å². The van der Waals surface area contributed by atoms with Crippen molar-refractivity contribution in [3.63, 3.8) is 0 Å². The van der Waals surface area contributed by atoms with Crippen LogP contribution in [0.3, 0.4) is 0 Å². The normalized spacial score (nSPS) is 13.0. The number of rotatable bonds is 6. The third kappa shape index (κ3) is 5.77. The zero-order chi connectivity index (χ0) is 21.0. The van der Waals surface area contributed by atoms with Crippen molar-refractivity contribution in [3.8, 4) is 6.07 Å². The monoisotopic (exact) mass is 395 g/mol. The van der Waals surface area contributed by atoms with Crippen molar-refractivity contribution in [2.45, 2.75) is 39.2 Å². The first-order valence-corrected chi connectivity index (χ1v) is 8.09. The van der Waals surface area contributed by atoms with Gasteiger partial charge in [-0.25, -0.2) is 0 Å². The number of amides is 1. The topological polar surface area (TPSA) is 47.3 Å². The van der Waals surface area contributed by atoms with E-state index in [1.807, 2.05) is 0 Å². The summed E-state index contributed by atoms with van der Waals surface area (Å²) in [4.78, 5) is 14.3. The van der Waals surface area contributed by atoms with Crippen LogP contribution >= 0.6 is 0 Å². The second-order valence-electron chi connectivity index (χ2n) is 5.77. The summed E-state index contributed by atoms with van der Waals surface area (Å²) in [7, 11) is 0. The Kier molecular flexibility index (Phi) is 7.11. The largest absolute Gasteiger partial charge is 0.417 e. The molecule has 1 aromatic rings. The van der Waals surface area contributed by atoms with Crippen LogP contribution in [-0.2, 0) is 11.0 Å². The van der Waals surface area contributed by atoms with E-state index in [2.05, 4.69) is 0 Å². The van der Waals surface area contributed by atoms with E-state index < -0.39 is 47.7 Å². The first-order valence-electron chi connectivity index (χ1n) is 8.09. The van der Waals surface area contributed by atoms with Gasteiger partial charge in [-0.2, -0.15) is 31.6 Å². The maximum Gasteiger partial charge on any atom is 0.417 e. The Morgan fingerprint density at radius 2 is 1.70 bits per heavy atom. The number of nitrogens with zero attached hydrogens (tertiary/aromatic N) is 3. The van der Waals surface area contributed by atoms with Gasteiger partial charge in [-0.05, 0) is 39.0 Å². The van der Waals surface area contributed by atoms with Gasteiger partial charge < -0.3 is 9.80 Å². The molecule has 0 aliphatic rings. The number of alkyl halides is 6. The summed E-state index contributed by atoms with van der Waals surface area (Å²) < 4.78 is 78.5. The van der Waals surface area contributed by atoms with Crippen LogP contribution in [0.25, 0.3) is 0 Å². The van der Waals surface area contributed by atoms with E-state index in [1.165, 1.54) is 17.9 Å². The van der Waals surface area contributed by atoms with Crippen LogP contribution < -0.4 is 4.90 Å². The van der Waals surface area contributed by atoms with Crippen LogP contribution in [0.15, 0.2) is 18.2 Å². The molecule has 150 valence electrons. The van der Waals surface area contributed by atoms with E-state index in [4.69, 9.17) is 5.26 Å². The lowest BCUT2D eigenvalue weighted by atomic mass is 10.1. The molecule has 27 heavy (non-hydrogen) atoms. The predicted molar refractivity (Wildman–Crippen MR) is 87.0 cm³/mol. The highest BCUT2D eigenvalue weighted by molar-refractivity contribution is 5.85. The number of hydrogen-bond donors (Lipinski definition) is 0. The molecule has 0 N–H and O–H groups in total. The molecule has 0 bridgehead atoms. The maximum absolute atomic E-state index is 13.1. The Hall–Kier alpha value is -2.44. The number of halogens is 6. The first-order chi connectivity index (χ1) is 12.4. The molecular weight excluding hydrogens is 376 g/mol. The summed E-state index contributed by atoms with van der Waals surface area (Å²) in [6.07, 6.45) is -9.67. The average molecular weight is 395 g/mol. The van der Waals surface area contributed by atoms with E-state index in [-0.39, 0.29) is 13.1 Å². The van der Waals surface area contributed by atoms with Gasteiger partial charge in [0.25, 0.3) is 0 Å². The standard InChI is InChI=1S/C17H19F6N3O/c1-4-25(5-2)15(27)11(3)26(10-16(18,19)20)13-7-6-12(9-24)14(8-13)17(21,22)23/h6-8,11H,4-5,10H2,1-3H3/t11-/m0/s1. The molecule has 1 rings (SSSR count). The predicted octanol–water partition coefficient (Wildman–Crippen LogP) is 4.20. The van der Waals surface area contributed by atoms with Gasteiger partial charge in [0, 0.05) is 18.8 Å². The molecule has 4 nitrogen and oxygen atoms in total. The highest BCUT2D eigenvalue weighted by Crippen LogP contribution is 2.35. The van der Waals surface area contributed by atoms with Crippen molar-refractivity contribution in [2.24, 2.45) is 0 Å². The highest BCUT2D eigenvalue weighted by atomic mass is 19.4. The van der Waals surface area contributed by atoms with Crippen molar-refractivity contribution >= 4 is 11.6 Å². The molecule has 0 aromatic heterocycles. The van der Waals surface area contributed by atoms with Gasteiger partial charge in [0.2, 0.25) is 5.91 Å². The molecule has 1 amide bonds. The van der Waals surface area contributed by atoms with Crippen molar-refractivity contribution in [1.82, 2.24) is 4.90 Å². The van der Waals surface area contributed by atoms with Gasteiger partial charge >= 0.3 is 12.4 Å². The molecule has 0 unspecified atom stereocenters. The van der Waals surface area contributed by atoms with E-state index in [1.54, 1.807) is 13.8 Å². The van der Waals surface area contributed by atoms with Gasteiger partial charge in [0.15, 0.2) is 0 Å². The first kappa shape index (κ1) is 22.6. The van der Waals surface area contributed by atoms with Crippen LogP contribution in [0.1, 0.15) is 31.9 Å². The third-order valence-electron chi connectivity index (χ3n) is 4.01. The zero-order valence-electron chi connectivity index (χ0n) is 14.9. The minimum Gasteiger partial charge on any atom is -0.351 e. The Morgan fingerprint density at radius 3 is 2.11 bits per heavy atom. The van der Waals surface area contributed by atoms with Crippen molar-refractivity contribution < 1.29 is 31.1 Å². The molecule has 1 atom stereocenters. The number of anilines is 1. The van der Waals surface area contributed by atoms with Crippen molar-refractivity contribution in [2.75, 3.05) is 24.5 Å². The van der Waals surface area contributed by atoms with Crippen molar-refractivity contribution in [1.29, 1.82) is 5.26 Å². The second kappa shape index (κ2) is 8.50. The number of likely N-dealkylation sites (N-methyl/N-ethyl adjacent to an activating group) is 1. The molecule has 0 fully saturated rings. The molecule has 0 saturated heterocycles. The lowest BCUT2D eigenvalue weighted by Crippen LogP contribution is -2.50. The van der Waals surface area contributed by atoms with Crippen LogP contribution in [0.5, 0.6) is 0 Å². The zero-order valence-corrected chi connectivity index (χ0v) is 14.9. The molecule has 10 heteroatoms. The molecule has 0 radical (unpaired) electrons. The fraction of sp³-hybridized carbons (Fsp3) is 0.529. The van der Waals surface area contributed by atoms with Crippen LogP contribution in [-0.4, -0.2) is 42.7 Å². The quantitative estimate of drug-likeness (QED) is 0.679. The Balaban J connectivity index is 3.45. The molecule has 0 heterocycles. The van der Waals surface area contributed by atoms with Gasteiger partial charge in [-0.1, -0.05) is 0 Å². The number of nitriles is 1. The SMILES string of the molecule is CCN(CC)C(=O)[C@H](C)N(CC(F)(F)F)c1ccc(C#N)c(C(F)(F)F)c1. The second-order valence-corrected chi connectivity index (χ2v) is 5.77. The Labute approximate surface area is 153 Å². The maximum atomic E-state index is 13.1.